The molecule has 94 valence electrons. The SMILES string of the molecule is CN1C(=O)C(NC=O)C(=O)N(C)c2ccccc21. The van der Waals surface area contributed by atoms with Gasteiger partial charge < -0.3 is 15.1 Å². The number of fused-ring (bicyclic) bond motifs is 1. The molecule has 0 radical (unpaired) electrons. The number of nitrogens with zero attached hydrogens (tertiary/aromatic N) is 2. The monoisotopic (exact) mass is 247 g/mol. The lowest BCUT2D eigenvalue weighted by molar-refractivity contribution is -0.131. The summed E-state index contributed by atoms with van der Waals surface area (Å²) in [6.07, 6.45) is 0.359. The van der Waals surface area contributed by atoms with Crippen LogP contribution >= 0.6 is 0 Å². The summed E-state index contributed by atoms with van der Waals surface area (Å²) in [6, 6.07) is 5.90. The summed E-state index contributed by atoms with van der Waals surface area (Å²) in [5.74, 6) is -0.909. The summed E-state index contributed by atoms with van der Waals surface area (Å²) < 4.78 is 0. The maximum absolute atomic E-state index is 12.1. The number of nitrogens with one attached hydrogen (secondary N) is 1. The molecule has 1 aromatic carbocycles. The number of anilines is 2. The Hall–Kier alpha value is -2.37. The van der Waals surface area contributed by atoms with Crippen molar-refractivity contribution in [2.75, 3.05) is 23.9 Å². The standard InChI is InChI=1S/C12H13N3O3/c1-14-8-5-3-4-6-9(8)15(2)12(18)10(11(14)17)13-7-16/h3-7,10H,1-2H3,(H,13,16). The lowest BCUT2D eigenvalue weighted by atomic mass is 10.2. The molecule has 3 amide bonds. The van der Waals surface area contributed by atoms with Gasteiger partial charge in [-0.3, -0.25) is 14.4 Å². The topological polar surface area (TPSA) is 69.7 Å². The van der Waals surface area contributed by atoms with E-state index in [2.05, 4.69) is 5.32 Å². The van der Waals surface area contributed by atoms with E-state index in [9.17, 15) is 14.4 Å². The van der Waals surface area contributed by atoms with Gasteiger partial charge in [-0.25, -0.2) is 0 Å². The molecule has 0 unspecified atom stereocenters. The molecule has 0 aromatic heterocycles. The molecule has 0 saturated carbocycles. The number of amides is 3. The highest BCUT2D eigenvalue weighted by Crippen LogP contribution is 2.30. The molecule has 1 aliphatic heterocycles. The number of hydrogen-bond acceptors (Lipinski definition) is 3. The van der Waals surface area contributed by atoms with Crippen molar-refractivity contribution in [3.05, 3.63) is 24.3 Å². The second-order valence-electron chi connectivity index (χ2n) is 4.00. The van der Waals surface area contributed by atoms with Gasteiger partial charge in [-0.05, 0) is 12.1 Å². The molecule has 0 saturated heterocycles. The minimum absolute atomic E-state index is 0.359. The van der Waals surface area contributed by atoms with Crippen molar-refractivity contribution in [2.45, 2.75) is 6.04 Å². The van der Waals surface area contributed by atoms with Crippen LogP contribution in [0.3, 0.4) is 0 Å². The molecule has 6 heteroatoms. The highest BCUT2D eigenvalue weighted by Gasteiger charge is 2.36. The van der Waals surface area contributed by atoms with E-state index in [1.54, 1.807) is 38.4 Å². The van der Waals surface area contributed by atoms with E-state index in [0.717, 1.165) is 0 Å². The first kappa shape index (κ1) is 12.1. The number of hydrogen-bond donors (Lipinski definition) is 1. The Morgan fingerprint density at radius 3 is 1.89 bits per heavy atom. The summed E-state index contributed by atoms with van der Waals surface area (Å²) in [7, 11) is 3.15. The molecular formula is C12H13N3O3. The van der Waals surface area contributed by atoms with Crippen LogP contribution in [0.25, 0.3) is 0 Å². The number of rotatable bonds is 2. The molecule has 18 heavy (non-hydrogen) atoms. The molecule has 2 rings (SSSR count). The number of carbonyl (C=O) groups is 3. The third-order valence-corrected chi connectivity index (χ3v) is 2.99. The van der Waals surface area contributed by atoms with Gasteiger partial charge in [0.05, 0.1) is 11.4 Å². The van der Waals surface area contributed by atoms with E-state index in [4.69, 9.17) is 0 Å². The maximum Gasteiger partial charge on any atom is 0.259 e. The molecule has 1 aliphatic rings. The van der Waals surface area contributed by atoms with E-state index in [-0.39, 0.29) is 0 Å². The fourth-order valence-corrected chi connectivity index (χ4v) is 1.97. The Labute approximate surface area is 104 Å². The van der Waals surface area contributed by atoms with Crippen molar-refractivity contribution in [3.8, 4) is 0 Å². The zero-order valence-corrected chi connectivity index (χ0v) is 10.1. The molecular weight excluding hydrogens is 234 g/mol. The Morgan fingerprint density at radius 2 is 1.50 bits per heavy atom. The Kier molecular flexibility index (Phi) is 3.01. The normalized spacial score (nSPS) is 16.3. The summed E-state index contributed by atoms with van der Waals surface area (Å²) in [4.78, 5) is 37.5. The third kappa shape index (κ3) is 1.71. The minimum atomic E-state index is -1.18. The Bertz CT molecular complexity index is 474. The fraction of sp³-hybridized carbons (Fsp3) is 0.250. The molecule has 1 heterocycles. The van der Waals surface area contributed by atoms with Crippen molar-refractivity contribution in [2.24, 2.45) is 0 Å². The van der Waals surface area contributed by atoms with E-state index in [1.165, 1.54) is 9.80 Å². The van der Waals surface area contributed by atoms with Gasteiger partial charge in [0.25, 0.3) is 11.8 Å². The first-order valence-corrected chi connectivity index (χ1v) is 5.41. The second-order valence-corrected chi connectivity index (χ2v) is 4.00. The summed E-state index contributed by atoms with van der Waals surface area (Å²) in [5, 5.41) is 2.26. The van der Waals surface area contributed by atoms with Crippen LogP contribution in [0, 0.1) is 0 Å². The van der Waals surface area contributed by atoms with Gasteiger partial charge in [0, 0.05) is 14.1 Å². The average Bonchev–Trinajstić information content (AvgIpc) is 2.46. The van der Waals surface area contributed by atoms with E-state index < -0.39 is 17.9 Å². The highest BCUT2D eigenvalue weighted by atomic mass is 16.2. The third-order valence-electron chi connectivity index (χ3n) is 2.99. The van der Waals surface area contributed by atoms with Gasteiger partial charge in [0.15, 0.2) is 6.04 Å². The van der Waals surface area contributed by atoms with Crippen molar-refractivity contribution in [1.82, 2.24) is 5.32 Å². The first-order chi connectivity index (χ1) is 8.57. The predicted octanol–water partition coefficient (Wildman–Crippen LogP) is -0.260. The van der Waals surface area contributed by atoms with E-state index >= 15 is 0 Å². The van der Waals surface area contributed by atoms with Gasteiger partial charge >= 0.3 is 0 Å². The zero-order valence-electron chi connectivity index (χ0n) is 10.1. The van der Waals surface area contributed by atoms with Crippen molar-refractivity contribution in [3.63, 3.8) is 0 Å². The smallest absolute Gasteiger partial charge is 0.259 e. The number of benzene rings is 1. The molecule has 6 nitrogen and oxygen atoms in total. The fourth-order valence-electron chi connectivity index (χ4n) is 1.97. The number of likely N-dealkylation sites (N-methyl/N-ethyl adjacent to an activating group) is 2. The average molecular weight is 247 g/mol. The van der Waals surface area contributed by atoms with Gasteiger partial charge in [-0.15, -0.1) is 0 Å². The van der Waals surface area contributed by atoms with Crippen molar-refractivity contribution >= 4 is 29.6 Å². The Morgan fingerprint density at radius 1 is 1.06 bits per heavy atom. The predicted molar refractivity (Wildman–Crippen MR) is 66.2 cm³/mol. The molecule has 0 spiro atoms. The summed E-state index contributed by atoms with van der Waals surface area (Å²) in [6.45, 7) is 0. The highest BCUT2D eigenvalue weighted by molar-refractivity contribution is 6.20. The van der Waals surface area contributed by atoms with Crippen LogP contribution in [0.2, 0.25) is 0 Å². The van der Waals surface area contributed by atoms with Gasteiger partial charge in [0.1, 0.15) is 0 Å². The van der Waals surface area contributed by atoms with Crippen molar-refractivity contribution < 1.29 is 14.4 Å². The minimum Gasteiger partial charge on any atom is -0.339 e. The molecule has 0 atom stereocenters. The molecule has 0 fully saturated rings. The van der Waals surface area contributed by atoms with Gasteiger partial charge in [0.2, 0.25) is 6.41 Å². The van der Waals surface area contributed by atoms with Crippen LogP contribution in [0.15, 0.2) is 24.3 Å². The van der Waals surface area contributed by atoms with Gasteiger partial charge in [-0.2, -0.15) is 0 Å². The lowest BCUT2D eigenvalue weighted by Crippen LogP contribution is -2.52. The van der Waals surface area contributed by atoms with E-state index in [1.807, 2.05) is 0 Å². The number of carbonyl (C=O) groups excluding carboxylic acids is 3. The summed E-state index contributed by atoms with van der Waals surface area (Å²) >= 11 is 0. The first-order valence-electron chi connectivity index (χ1n) is 5.41. The van der Waals surface area contributed by atoms with E-state index in [0.29, 0.717) is 17.8 Å². The maximum atomic E-state index is 12.1. The molecule has 1 aromatic rings. The Balaban J connectivity index is 2.54. The molecule has 0 bridgehead atoms. The zero-order chi connectivity index (χ0) is 13.3. The summed E-state index contributed by atoms with van der Waals surface area (Å²) in [5.41, 5.74) is 1.27. The largest absolute Gasteiger partial charge is 0.339 e. The van der Waals surface area contributed by atoms with Crippen molar-refractivity contribution in [1.29, 1.82) is 0 Å². The van der Waals surface area contributed by atoms with Crippen LogP contribution in [-0.2, 0) is 14.4 Å². The second kappa shape index (κ2) is 4.48. The van der Waals surface area contributed by atoms with Crippen LogP contribution < -0.4 is 15.1 Å². The molecule has 0 aliphatic carbocycles. The quantitative estimate of drug-likeness (QED) is 0.578. The van der Waals surface area contributed by atoms with Gasteiger partial charge in [-0.1, -0.05) is 12.1 Å². The molecule has 1 N–H and O–H groups in total. The number of para-hydroxylation sites is 2. The van der Waals surface area contributed by atoms with Crippen LogP contribution in [0.4, 0.5) is 11.4 Å². The lowest BCUT2D eigenvalue weighted by Gasteiger charge is -2.19. The van der Waals surface area contributed by atoms with Crippen LogP contribution in [0.1, 0.15) is 0 Å². The van der Waals surface area contributed by atoms with Crippen LogP contribution in [0.5, 0.6) is 0 Å². The van der Waals surface area contributed by atoms with Crippen LogP contribution in [-0.4, -0.2) is 38.4 Å².